The molecule has 4 heteroatoms. The molecular weight excluding hydrogens is 308 g/mol. The second-order valence-corrected chi connectivity index (χ2v) is 8.13. The fourth-order valence-corrected chi connectivity index (χ4v) is 3.31. The third-order valence-electron chi connectivity index (χ3n) is 4.97. The Bertz CT molecular complexity index is 534. The van der Waals surface area contributed by atoms with E-state index in [9.17, 15) is 0 Å². The molecule has 1 saturated heterocycles. The minimum absolute atomic E-state index is 0.205. The Balaban J connectivity index is 1.79. The van der Waals surface area contributed by atoms with Gasteiger partial charge in [-0.3, -0.25) is 4.99 Å². The number of likely N-dealkylation sites (tertiary alicyclic amines) is 1. The van der Waals surface area contributed by atoms with Crippen molar-refractivity contribution in [1.29, 1.82) is 0 Å². The summed E-state index contributed by atoms with van der Waals surface area (Å²) in [5.74, 6) is 0.911. The highest BCUT2D eigenvalue weighted by atomic mass is 15.2. The SMILES string of the molecule is CCCN1CCC(NC(=NC)NCc2ccc(C(C)(C)C)cc2)CC1. The lowest BCUT2D eigenvalue weighted by atomic mass is 9.87. The third-order valence-corrected chi connectivity index (χ3v) is 4.97. The van der Waals surface area contributed by atoms with E-state index in [1.807, 2.05) is 7.05 Å². The molecule has 1 aliphatic heterocycles. The lowest BCUT2D eigenvalue weighted by Crippen LogP contribution is -2.48. The van der Waals surface area contributed by atoms with Crippen LogP contribution in [-0.4, -0.2) is 43.6 Å². The van der Waals surface area contributed by atoms with Crippen LogP contribution in [0.15, 0.2) is 29.3 Å². The summed E-state index contributed by atoms with van der Waals surface area (Å²) in [7, 11) is 1.85. The number of guanidine groups is 1. The summed E-state index contributed by atoms with van der Waals surface area (Å²) in [6, 6.07) is 9.42. The molecule has 0 spiro atoms. The minimum Gasteiger partial charge on any atom is -0.354 e. The van der Waals surface area contributed by atoms with E-state index in [1.165, 1.54) is 50.0 Å². The molecule has 0 unspecified atom stereocenters. The quantitative estimate of drug-likeness (QED) is 0.634. The first-order valence-corrected chi connectivity index (χ1v) is 9.71. The number of hydrogen-bond acceptors (Lipinski definition) is 2. The van der Waals surface area contributed by atoms with Crippen LogP contribution in [0, 0.1) is 0 Å². The van der Waals surface area contributed by atoms with Gasteiger partial charge in [-0.2, -0.15) is 0 Å². The van der Waals surface area contributed by atoms with Gasteiger partial charge in [-0.15, -0.1) is 0 Å². The van der Waals surface area contributed by atoms with Gasteiger partial charge in [0, 0.05) is 32.7 Å². The van der Waals surface area contributed by atoms with Gasteiger partial charge in [0.15, 0.2) is 5.96 Å². The van der Waals surface area contributed by atoms with Crippen LogP contribution in [0.4, 0.5) is 0 Å². The average Bonchev–Trinajstić information content (AvgIpc) is 2.60. The van der Waals surface area contributed by atoms with Crippen molar-refractivity contribution in [1.82, 2.24) is 15.5 Å². The molecular formula is C21H36N4. The van der Waals surface area contributed by atoms with Gasteiger partial charge in [-0.05, 0) is 42.3 Å². The molecule has 4 nitrogen and oxygen atoms in total. The molecule has 0 amide bonds. The minimum atomic E-state index is 0.205. The molecule has 0 saturated carbocycles. The Hall–Kier alpha value is -1.55. The summed E-state index contributed by atoms with van der Waals surface area (Å²) >= 11 is 0. The smallest absolute Gasteiger partial charge is 0.191 e. The van der Waals surface area contributed by atoms with Crippen molar-refractivity contribution in [3.8, 4) is 0 Å². The summed E-state index contributed by atoms with van der Waals surface area (Å²) in [6.45, 7) is 13.4. The molecule has 0 atom stereocenters. The van der Waals surface area contributed by atoms with Gasteiger partial charge in [0.25, 0.3) is 0 Å². The van der Waals surface area contributed by atoms with Crippen LogP contribution in [0.1, 0.15) is 58.1 Å². The normalized spacial score (nSPS) is 17.6. The molecule has 0 aliphatic carbocycles. The fraction of sp³-hybridized carbons (Fsp3) is 0.667. The Morgan fingerprint density at radius 1 is 1.16 bits per heavy atom. The monoisotopic (exact) mass is 344 g/mol. The van der Waals surface area contributed by atoms with Gasteiger partial charge in [-0.1, -0.05) is 52.0 Å². The number of hydrogen-bond donors (Lipinski definition) is 2. The Labute approximate surface area is 154 Å². The van der Waals surface area contributed by atoms with Gasteiger partial charge < -0.3 is 15.5 Å². The zero-order chi connectivity index (χ0) is 18.3. The maximum atomic E-state index is 4.39. The zero-order valence-electron chi connectivity index (χ0n) is 16.7. The van der Waals surface area contributed by atoms with E-state index in [0.717, 1.165) is 12.5 Å². The van der Waals surface area contributed by atoms with Gasteiger partial charge in [-0.25, -0.2) is 0 Å². The Morgan fingerprint density at radius 2 is 1.80 bits per heavy atom. The third kappa shape index (κ3) is 6.35. The maximum Gasteiger partial charge on any atom is 0.191 e. The number of benzene rings is 1. The molecule has 1 aliphatic rings. The van der Waals surface area contributed by atoms with E-state index in [2.05, 4.69) is 72.5 Å². The first kappa shape index (κ1) is 19.8. The van der Waals surface area contributed by atoms with Crippen LogP contribution in [-0.2, 0) is 12.0 Å². The van der Waals surface area contributed by atoms with Gasteiger partial charge in [0.2, 0.25) is 0 Å². The number of aliphatic imine (C=N–C) groups is 1. The van der Waals surface area contributed by atoms with E-state index in [-0.39, 0.29) is 5.41 Å². The molecule has 1 heterocycles. The maximum absolute atomic E-state index is 4.39. The molecule has 1 fully saturated rings. The molecule has 140 valence electrons. The predicted octanol–water partition coefficient (Wildman–Crippen LogP) is 3.52. The molecule has 25 heavy (non-hydrogen) atoms. The van der Waals surface area contributed by atoms with Crippen LogP contribution in [0.2, 0.25) is 0 Å². The van der Waals surface area contributed by atoms with E-state index in [0.29, 0.717) is 6.04 Å². The fourth-order valence-electron chi connectivity index (χ4n) is 3.31. The second-order valence-electron chi connectivity index (χ2n) is 8.13. The lowest BCUT2D eigenvalue weighted by molar-refractivity contribution is 0.206. The molecule has 0 bridgehead atoms. The number of rotatable bonds is 5. The topological polar surface area (TPSA) is 39.7 Å². The molecule has 1 aromatic rings. The lowest BCUT2D eigenvalue weighted by Gasteiger charge is -2.32. The van der Waals surface area contributed by atoms with E-state index < -0.39 is 0 Å². The molecule has 1 aromatic carbocycles. The van der Waals surface area contributed by atoms with Gasteiger partial charge in [0.1, 0.15) is 0 Å². The average molecular weight is 345 g/mol. The number of nitrogens with one attached hydrogen (secondary N) is 2. The Kier molecular flexibility index (Phi) is 7.30. The van der Waals surface area contributed by atoms with E-state index >= 15 is 0 Å². The highest BCUT2D eigenvalue weighted by molar-refractivity contribution is 5.79. The zero-order valence-corrected chi connectivity index (χ0v) is 16.7. The van der Waals surface area contributed by atoms with Gasteiger partial charge in [0.05, 0.1) is 0 Å². The summed E-state index contributed by atoms with van der Waals surface area (Å²) in [5.41, 5.74) is 2.86. The molecule has 2 rings (SSSR count). The Morgan fingerprint density at radius 3 is 2.32 bits per heavy atom. The van der Waals surface area contributed by atoms with E-state index in [1.54, 1.807) is 0 Å². The van der Waals surface area contributed by atoms with E-state index in [4.69, 9.17) is 0 Å². The first-order chi connectivity index (χ1) is 11.9. The largest absolute Gasteiger partial charge is 0.354 e. The number of nitrogens with zero attached hydrogens (tertiary/aromatic N) is 2. The van der Waals surface area contributed by atoms with Crippen molar-refractivity contribution < 1.29 is 0 Å². The van der Waals surface area contributed by atoms with Crippen LogP contribution < -0.4 is 10.6 Å². The molecule has 0 aromatic heterocycles. The second kappa shape index (κ2) is 9.23. The predicted molar refractivity (Wildman–Crippen MR) is 108 cm³/mol. The van der Waals surface area contributed by atoms with Crippen molar-refractivity contribution >= 4 is 5.96 Å². The highest BCUT2D eigenvalue weighted by Gasteiger charge is 2.19. The molecule has 0 radical (unpaired) electrons. The summed E-state index contributed by atoms with van der Waals surface area (Å²) < 4.78 is 0. The van der Waals surface area contributed by atoms with Crippen LogP contribution in [0.25, 0.3) is 0 Å². The van der Waals surface area contributed by atoms with Crippen molar-refractivity contribution in [2.45, 2.75) is 65.0 Å². The number of piperidine rings is 1. The first-order valence-electron chi connectivity index (χ1n) is 9.71. The van der Waals surface area contributed by atoms with Crippen LogP contribution in [0.3, 0.4) is 0 Å². The standard InChI is InChI=1S/C21H36N4/c1-6-13-25-14-11-19(12-15-25)24-20(22-5)23-16-17-7-9-18(10-8-17)21(2,3)4/h7-10,19H,6,11-16H2,1-5H3,(H2,22,23,24). The van der Waals surface area contributed by atoms with Crippen molar-refractivity contribution in [2.75, 3.05) is 26.7 Å². The highest BCUT2D eigenvalue weighted by Crippen LogP contribution is 2.22. The summed E-state index contributed by atoms with van der Waals surface area (Å²) in [4.78, 5) is 6.95. The van der Waals surface area contributed by atoms with Crippen molar-refractivity contribution in [3.05, 3.63) is 35.4 Å². The summed E-state index contributed by atoms with van der Waals surface area (Å²) in [6.07, 6.45) is 3.64. The summed E-state index contributed by atoms with van der Waals surface area (Å²) in [5, 5.41) is 7.04. The molecule has 2 N–H and O–H groups in total. The van der Waals surface area contributed by atoms with Gasteiger partial charge >= 0.3 is 0 Å². The van der Waals surface area contributed by atoms with Crippen LogP contribution in [0.5, 0.6) is 0 Å². The van der Waals surface area contributed by atoms with Crippen molar-refractivity contribution in [3.63, 3.8) is 0 Å². The van der Waals surface area contributed by atoms with Crippen LogP contribution >= 0.6 is 0 Å². The van der Waals surface area contributed by atoms with Crippen molar-refractivity contribution in [2.24, 2.45) is 4.99 Å².